The van der Waals surface area contributed by atoms with Crippen LogP contribution in [-0.2, 0) is 19.4 Å². The van der Waals surface area contributed by atoms with Crippen LogP contribution in [0.1, 0.15) is 49.6 Å². The van der Waals surface area contributed by atoms with Crippen LogP contribution in [0.4, 0.5) is 5.00 Å². The van der Waals surface area contributed by atoms with Gasteiger partial charge in [-0.05, 0) is 55.0 Å². The molecule has 0 saturated carbocycles. The van der Waals surface area contributed by atoms with Gasteiger partial charge in [-0.15, -0.1) is 11.3 Å². The molecule has 1 heterocycles. The minimum Gasteiger partial charge on any atom is -0.489 e. The summed E-state index contributed by atoms with van der Waals surface area (Å²) in [7, 11) is 0. The monoisotopic (exact) mass is 406 g/mol. The Bertz CT molecular complexity index is 1040. The summed E-state index contributed by atoms with van der Waals surface area (Å²) in [6.07, 6.45) is 3.90. The fraction of sp³-hybridized carbons (Fsp3) is 0.217. The van der Waals surface area contributed by atoms with E-state index in [-0.39, 0.29) is 5.91 Å². The Morgan fingerprint density at radius 2 is 1.83 bits per heavy atom. The number of fused-ring (bicyclic) bond motifs is 1. The van der Waals surface area contributed by atoms with Crippen LogP contribution in [0.5, 0.6) is 5.75 Å². The lowest BCUT2D eigenvalue weighted by molar-refractivity contribution is 0.100. The largest absolute Gasteiger partial charge is 0.489 e. The van der Waals surface area contributed by atoms with Gasteiger partial charge in [-0.25, -0.2) is 0 Å². The molecule has 0 saturated heterocycles. The molecule has 4 rings (SSSR count). The molecule has 5 nitrogen and oxygen atoms in total. The third-order valence-corrected chi connectivity index (χ3v) is 6.20. The summed E-state index contributed by atoms with van der Waals surface area (Å²) in [6, 6.07) is 16.9. The molecule has 0 aliphatic heterocycles. The molecule has 0 unspecified atom stereocenters. The normalized spacial score (nSPS) is 12.8. The van der Waals surface area contributed by atoms with E-state index in [4.69, 9.17) is 10.5 Å². The average Bonchev–Trinajstić information content (AvgIpc) is 3.11. The number of amides is 2. The molecule has 0 fully saturated rings. The zero-order valence-electron chi connectivity index (χ0n) is 15.9. The second kappa shape index (κ2) is 8.49. The van der Waals surface area contributed by atoms with E-state index < -0.39 is 5.91 Å². The van der Waals surface area contributed by atoms with Crippen LogP contribution in [0, 0.1) is 0 Å². The zero-order chi connectivity index (χ0) is 20.2. The summed E-state index contributed by atoms with van der Waals surface area (Å²) in [6.45, 7) is 0.426. The molecule has 0 atom stereocenters. The third-order valence-electron chi connectivity index (χ3n) is 4.99. The first kappa shape index (κ1) is 19.2. The predicted octanol–water partition coefficient (Wildman–Crippen LogP) is 4.56. The molecule has 3 aromatic rings. The molecule has 0 spiro atoms. The van der Waals surface area contributed by atoms with Gasteiger partial charge >= 0.3 is 0 Å². The number of carbonyl (C=O) groups is 2. The zero-order valence-corrected chi connectivity index (χ0v) is 16.8. The summed E-state index contributed by atoms with van der Waals surface area (Å²) in [5, 5.41) is 3.44. The van der Waals surface area contributed by atoms with Crippen LogP contribution in [0.3, 0.4) is 0 Å². The van der Waals surface area contributed by atoms with E-state index in [0.717, 1.165) is 41.7 Å². The number of aryl methyl sites for hydroxylation is 1. The van der Waals surface area contributed by atoms with E-state index in [1.165, 1.54) is 11.3 Å². The second-order valence-corrected chi connectivity index (χ2v) is 8.14. The lowest BCUT2D eigenvalue weighted by Crippen LogP contribution is -2.18. The Hall–Kier alpha value is -3.12. The number of rotatable bonds is 6. The number of carbonyl (C=O) groups excluding carboxylic acids is 2. The SMILES string of the molecule is NC(=O)c1c(NC(=O)c2cccc(OCc3ccccc3)c2)sc2c1CCCC2. The maximum Gasteiger partial charge on any atom is 0.256 e. The van der Waals surface area contributed by atoms with Crippen LogP contribution < -0.4 is 15.8 Å². The molecule has 0 radical (unpaired) electrons. The smallest absolute Gasteiger partial charge is 0.256 e. The van der Waals surface area contributed by atoms with Crippen LogP contribution in [-0.4, -0.2) is 11.8 Å². The lowest BCUT2D eigenvalue weighted by atomic mass is 9.95. The Morgan fingerprint density at radius 3 is 2.62 bits per heavy atom. The molecule has 1 aromatic heterocycles. The first-order valence-corrected chi connectivity index (χ1v) is 10.5. The van der Waals surface area contributed by atoms with Gasteiger partial charge in [-0.1, -0.05) is 36.4 Å². The maximum atomic E-state index is 12.8. The summed E-state index contributed by atoms with van der Waals surface area (Å²) in [5.74, 6) is -0.155. The number of anilines is 1. The van der Waals surface area contributed by atoms with Gasteiger partial charge in [0.2, 0.25) is 0 Å². The van der Waals surface area contributed by atoms with E-state index in [9.17, 15) is 9.59 Å². The van der Waals surface area contributed by atoms with Gasteiger partial charge in [0.1, 0.15) is 17.4 Å². The Balaban J connectivity index is 1.50. The Kier molecular flexibility index (Phi) is 5.62. The molecular formula is C23H22N2O3S. The number of nitrogens with one attached hydrogen (secondary N) is 1. The number of ether oxygens (including phenoxy) is 1. The molecule has 29 heavy (non-hydrogen) atoms. The van der Waals surface area contributed by atoms with Crippen molar-refractivity contribution in [1.82, 2.24) is 0 Å². The first-order valence-electron chi connectivity index (χ1n) is 9.64. The van der Waals surface area contributed by atoms with Gasteiger partial charge < -0.3 is 15.8 Å². The quantitative estimate of drug-likeness (QED) is 0.630. The molecule has 6 heteroatoms. The minimum absolute atomic E-state index is 0.281. The van der Waals surface area contributed by atoms with Crippen molar-refractivity contribution in [2.45, 2.75) is 32.3 Å². The third kappa shape index (κ3) is 4.32. The molecule has 2 aromatic carbocycles. The fourth-order valence-electron chi connectivity index (χ4n) is 3.56. The lowest BCUT2D eigenvalue weighted by Gasteiger charge is -2.11. The van der Waals surface area contributed by atoms with E-state index in [1.54, 1.807) is 18.2 Å². The highest BCUT2D eigenvalue weighted by molar-refractivity contribution is 7.17. The highest BCUT2D eigenvalue weighted by Gasteiger charge is 2.25. The standard InChI is InChI=1S/C23H22N2O3S/c24-21(26)20-18-11-4-5-12-19(18)29-23(20)25-22(27)16-9-6-10-17(13-16)28-14-15-7-2-1-3-8-15/h1-3,6-10,13H,4-5,11-12,14H2,(H2,24,26)(H,25,27). The second-order valence-electron chi connectivity index (χ2n) is 7.04. The maximum absolute atomic E-state index is 12.8. The molecule has 1 aliphatic carbocycles. The van der Waals surface area contributed by atoms with Crippen molar-refractivity contribution in [3.63, 3.8) is 0 Å². The average molecular weight is 407 g/mol. The van der Waals surface area contributed by atoms with E-state index in [2.05, 4.69) is 5.32 Å². The molecule has 2 amide bonds. The molecule has 1 aliphatic rings. The van der Waals surface area contributed by atoms with Gasteiger partial charge in [0.05, 0.1) is 5.56 Å². The van der Waals surface area contributed by atoms with Gasteiger partial charge in [-0.2, -0.15) is 0 Å². The number of benzene rings is 2. The highest BCUT2D eigenvalue weighted by Crippen LogP contribution is 2.38. The number of thiophene rings is 1. The van der Waals surface area contributed by atoms with Crippen molar-refractivity contribution in [3.05, 3.63) is 81.7 Å². The van der Waals surface area contributed by atoms with E-state index in [0.29, 0.717) is 28.5 Å². The minimum atomic E-state index is -0.486. The van der Waals surface area contributed by atoms with Gasteiger partial charge in [0, 0.05) is 10.4 Å². The number of hydrogen-bond acceptors (Lipinski definition) is 4. The van der Waals surface area contributed by atoms with Crippen LogP contribution >= 0.6 is 11.3 Å². The summed E-state index contributed by atoms with van der Waals surface area (Å²) < 4.78 is 5.81. The predicted molar refractivity (Wildman–Crippen MR) is 115 cm³/mol. The van der Waals surface area contributed by atoms with Crippen molar-refractivity contribution in [1.29, 1.82) is 0 Å². The summed E-state index contributed by atoms with van der Waals surface area (Å²) in [4.78, 5) is 26.0. The van der Waals surface area contributed by atoms with Crippen molar-refractivity contribution in [3.8, 4) is 5.75 Å². The summed E-state index contributed by atoms with van der Waals surface area (Å²) >= 11 is 1.46. The fourth-order valence-corrected chi connectivity index (χ4v) is 4.85. The number of hydrogen-bond donors (Lipinski definition) is 2. The molecule has 3 N–H and O–H groups in total. The Morgan fingerprint density at radius 1 is 1.03 bits per heavy atom. The van der Waals surface area contributed by atoms with E-state index >= 15 is 0 Å². The van der Waals surface area contributed by atoms with Crippen LogP contribution in [0.2, 0.25) is 0 Å². The topological polar surface area (TPSA) is 81.4 Å². The van der Waals surface area contributed by atoms with Gasteiger partial charge in [0.25, 0.3) is 11.8 Å². The molecule has 0 bridgehead atoms. The Labute approximate surface area is 173 Å². The molecular weight excluding hydrogens is 384 g/mol. The van der Waals surface area contributed by atoms with Crippen LogP contribution in [0.25, 0.3) is 0 Å². The number of primary amides is 1. The molecule has 148 valence electrons. The highest BCUT2D eigenvalue weighted by atomic mass is 32.1. The first-order chi connectivity index (χ1) is 14.1. The van der Waals surface area contributed by atoms with E-state index in [1.807, 2.05) is 36.4 Å². The van der Waals surface area contributed by atoms with Crippen LogP contribution in [0.15, 0.2) is 54.6 Å². The van der Waals surface area contributed by atoms with Crippen molar-refractivity contribution in [2.24, 2.45) is 5.73 Å². The van der Waals surface area contributed by atoms with Crippen molar-refractivity contribution in [2.75, 3.05) is 5.32 Å². The summed E-state index contributed by atoms with van der Waals surface area (Å²) in [5.41, 5.74) is 8.61. The van der Waals surface area contributed by atoms with Crippen molar-refractivity contribution >= 4 is 28.2 Å². The number of nitrogens with two attached hydrogens (primary N) is 1. The van der Waals surface area contributed by atoms with Crippen molar-refractivity contribution < 1.29 is 14.3 Å². The van der Waals surface area contributed by atoms with Gasteiger partial charge in [0.15, 0.2) is 0 Å². The van der Waals surface area contributed by atoms with Gasteiger partial charge in [-0.3, -0.25) is 9.59 Å².